The average molecular weight is 185 g/mol. The number of hydrogen-bond donors (Lipinski definition) is 1. The first kappa shape index (κ1) is 11.0. The van der Waals surface area contributed by atoms with Crippen molar-refractivity contribution in [1.29, 1.82) is 0 Å². The molecule has 1 aliphatic heterocycles. The van der Waals surface area contributed by atoms with E-state index in [0.717, 1.165) is 32.2 Å². The van der Waals surface area contributed by atoms with Crippen molar-refractivity contribution in [2.24, 2.45) is 11.3 Å². The van der Waals surface area contributed by atoms with Gasteiger partial charge in [0.2, 0.25) is 0 Å². The van der Waals surface area contributed by atoms with Gasteiger partial charge in [-0.05, 0) is 24.2 Å². The van der Waals surface area contributed by atoms with Crippen molar-refractivity contribution < 1.29 is 4.74 Å². The van der Waals surface area contributed by atoms with Gasteiger partial charge in [0.05, 0.1) is 6.61 Å². The Balaban J connectivity index is 2.04. The van der Waals surface area contributed by atoms with E-state index in [-0.39, 0.29) is 0 Å². The lowest BCUT2D eigenvalue weighted by Gasteiger charge is -2.25. The summed E-state index contributed by atoms with van der Waals surface area (Å²) in [5.41, 5.74) is 0.398. The molecule has 1 unspecified atom stereocenters. The van der Waals surface area contributed by atoms with Crippen molar-refractivity contribution in [2.75, 3.05) is 26.3 Å². The van der Waals surface area contributed by atoms with Crippen LogP contribution < -0.4 is 5.32 Å². The SMILES string of the molecule is CC(C)(C)CNCC1CCCOC1. The van der Waals surface area contributed by atoms with E-state index in [2.05, 4.69) is 26.1 Å². The molecule has 0 aromatic heterocycles. The number of ether oxygens (including phenoxy) is 1. The van der Waals surface area contributed by atoms with E-state index in [1.54, 1.807) is 0 Å². The summed E-state index contributed by atoms with van der Waals surface area (Å²) in [4.78, 5) is 0. The van der Waals surface area contributed by atoms with Crippen LogP contribution in [0.25, 0.3) is 0 Å². The first-order chi connectivity index (χ1) is 6.08. The van der Waals surface area contributed by atoms with Crippen LogP contribution in [0.5, 0.6) is 0 Å². The van der Waals surface area contributed by atoms with Crippen molar-refractivity contribution in [1.82, 2.24) is 5.32 Å². The Morgan fingerprint density at radius 1 is 1.38 bits per heavy atom. The Bertz CT molecular complexity index is 134. The van der Waals surface area contributed by atoms with Gasteiger partial charge in [-0.15, -0.1) is 0 Å². The van der Waals surface area contributed by atoms with E-state index in [9.17, 15) is 0 Å². The minimum atomic E-state index is 0.398. The normalized spacial score (nSPS) is 24.7. The maximum absolute atomic E-state index is 5.42. The molecule has 1 N–H and O–H groups in total. The molecule has 2 nitrogen and oxygen atoms in total. The van der Waals surface area contributed by atoms with Gasteiger partial charge in [-0.1, -0.05) is 20.8 Å². The number of rotatable bonds is 3. The molecule has 0 bridgehead atoms. The van der Waals surface area contributed by atoms with Gasteiger partial charge in [-0.3, -0.25) is 0 Å². The van der Waals surface area contributed by atoms with Gasteiger partial charge in [0, 0.05) is 19.7 Å². The zero-order valence-electron chi connectivity index (χ0n) is 9.23. The molecule has 0 saturated carbocycles. The summed E-state index contributed by atoms with van der Waals surface area (Å²) in [5, 5.41) is 3.52. The molecule has 1 rings (SSSR count). The van der Waals surface area contributed by atoms with E-state index < -0.39 is 0 Å². The highest BCUT2D eigenvalue weighted by molar-refractivity contribution is 4.69. The molecular formula is C11H23NO. The zero-order valence-corrected chi connectivity index (χ0v) is 9.23. The minimum absolute atomic E-state index is 0.398. The molecular weight excluding hydrogens is 162 g/mol. The highest BCUT2D eigenvalue weighted by Crippen LogP contribution is 2.14. The Kier molecular flexibility index (Phi) is 4.20. The maximum Gasteiger partial charge on any atom is 0.0506 e. The molecule has 1 fully saturated rings. The molecule has 13 heavy (non-hydrogen) atoms. The van der Waals surface area contributed by atoms with E-state index in [0.29, 0.717) is 5.41 Å². The summed E-state index contributed by atoms with van der Waals surface area (Å²) in [6.07, 6.45) is 2.57. The van der Waals surface area contributed by atoms with Gasteiger partial charge in [0.1, 0.15) is 0 Å². The lowest BCUT2D eigenvalue weighted by molar-refractivity contribution is 0.0541. The Morgan fingerprint density at radius 2 is 2.15 bits per heavy atom. The van der Waals surface area contributed by atoms with Crippen LogP contribution in [0.3, 0.4) is 0 Å². The van der Waals surface area contributed by atoms with Gasteiger partial charge in [-0.25, -0.2) is 0 Å². The molecule has 2 heteroatoms. The van der Waals surface area contributed by atoms with E-state index in [4.69, 9.17) is 4.74 Å². The fraction of sp³-hybridized carbons (Fsp3) is 1.00. The summed E-state index contributed by atoms with van der Waals surface area (Å²) >= 11 is 0. The first-order valence-corrected chi connectivity index (χ1v) is 5.36. The van der Waals surface area contributed by atoms with Crippen molar-refractivity contribution in [3.63, 3.8) is 0 Å². The van der Waals surface area contributed by atoms with Crippen LogP contribution in [-0.4, -0.2) is 26.3 Å². The second kappa shape index (κ2) is 4.97. The lowest BCUT2D eigenvalue weighted by Crippen LogP contribution is -2.34. The van der Waals surface area contributed by atoms with E-state index in [1.807, 2.05) is 0 Å². The predicted molar refractivity (Wildman–Crippen MR) is 55.9 cm³/mol. The summed E-state index contributed by atoms with van der Waals surface area (Å²) in [5.74, 6) is 0.746. The summed E-state index contributed by atoms with van der Waals surface area (Å²) in [6.45, 7) is 10.9. The van der Waals surface area contributed by atoms with Gasteiger partial charge >= 0.3 is 0 Å². The molecule has 1 saturated heterocycles. The van der Waals surface area contributed by atoms with Crippen LogP contribution >= 0.6 is 0 Å². The molecule has 0 aliphatic carbocycles. The molecule has 0 spiro atoms. The fourth-order valence-electron chi connectivity index (χ4n) is 1.62. The summed E-state index contributed by atoms with van der Waals surface area (Å²) < 4.78 is 5.42. The quantitative estimate of drug-likeness (QED) is 0.726. The molecule has 0 amide bonds. The molecule has 1 heterocycles. The van der Waals surface area contributed by atoms with Crippen LogP contribution in [0, 0.1) is 11.3 Å². The number of nitrogens with one attached hydrogen (secondary N) is 1. The molecule has 0 aromatic carbocycles. The largest absolute Gasteiger partial charge is 0.381 e. The Labute approximate surface area is 82.0 Å². The third-order valence-corrected chi connectivity index (χ3v) is 2.34. The molecule has 0 aromatic rings. The van der Waals surface area contributed by atoms with Gasteiger partial charge < -0.3 is 10.1 Å². The highest BCUT2D eigenvalue weighted by Gasteiger charge is 2.15. The van der Waals surface area contributed by atoms with Crippen molar-refractivity contribution in [3.8, 4) is 0 Å². The Morgan fingerprint density at radius 3 is 2.69 bits per heavy atom. The topological polar surface area (TPSA) is 21.3 Å². The minimum Gasteiger partial charge on any atom is -0.381 e. The number of hydrogen-bond acceptors (Lipinski definition) is 2. The Hall–Kier alpha value is -0.0800. The van der Waals surface area contributed by atoms with E-state index >= 15 is 0 Å². The van der Waals surface area contributed by atoms with Crippen LogP contribution in [0.1, 0.15) is 33.6 Å². The van der Waals surface area contributed by atoms with Gasteiger partial charge in [0.15, 0.2) is 0 Å². The smallest absolute Gasteiger partial charge is 0.0506 e. The second-order valence-electron chi connectivity index (χ2n) is 5.27. The molecule has 1 atom stereocenters. The monoisotopic (exact) mass is 185 g/mol. The summed E-state index contributed by atoms with van der Waals surface area (Å²) in [7, 11) is 0. The lowest BCUT2D eigenvalue weighted by atomic mass is 9.96. The van der Waals surface area contributed by atoms with Crippen LogP contribution in [0.4, 0.5) is 0 Å². The van der Waals surface area contributed by atoms with Crippen LogP contribution in [-0.2, 0) is 4.74 Å². The van der Waals surface area contributed by atoms with Gasteiger partial charge in [-0.2, -0.15) is 0 Å². The van der Waals surface area contributed by atoms with E-state index in [1.165, 1.54) is 12.8 Å². The van der Waals surface area contributed by atoms with Crippen molar-refractivity contribution >= 4 is 0 Å². The first-order valence-electron chi connectivity index (χ1n) is 5.36. The standard InChI is InChI=1S/C11H23NO/c1-11(2,3)9-12-7-10-5-4-6-13-8-10/h10,12H,4-9H2,1-3H3. The van der Waals surface area contributed by atoms with Crippen LogP contribution in [0.15, 0.2) is 0 Å². The second-order valence-corrected chi connectivity index (χ2v) is 5.27. The fourth-order valence-corrected chi connectivity index (χ4v) is 1.62. The molecule has 1 aliphatic rings. The summed E-state index contributed by atoms with van der Waals surface area (Å²) in [6, 6.07) is 0. The average Bonchev–Trinajstić information content (AvgIpc) is 2.04. The molecule has 78 valence electrons. The van der Waals surface area contributed by atoms with Crippen molar-refractivity contribution in [3.05, 3.63) is 0 Å². The molecule has 0 radical (unpaired) electrons. The van der Waals surface area contributed by atoms with Crippen molar-refractivity contribution in [2.45, 2.75) is 33.6 Å². The third-order valence-electron chi connectivity index (χ3n) is 2.34. The third kappa shape index (κ3) is 5.27. The predicted octanol–water partition coefficient (Wildman–Crippen LogP) is 2.05. The zero-order chi connectivity index (χ0) is 9.73. The van der Waals surface area contributed by atoms with Gasteiger partial charge in [0.25, 0.3) is 0 Å². The highest BCUT2D eigenvalue weighted by atomic mass is 16.5. The maximum atomic E-state index is 5.42. The van der Waals surface area contributed by atoms with Crippen LogP contribution in [0.2, 0.25) is 0 Å².